The summed E-state index contributed by atoms with van der Waals surface area (Å²) in [5.41, 5.74) is 2.11. The summed E-state index contributed by atoms with van der Waals surface area (Å²) in [6.45, 7) is 2.90. The summed E-state index contributed by atoms with van der Waals surface area (Å²) in [6.07, 6.45) is 0.473. The van der Waals surface area contributed by atoms with Crippen LogP contribution in [0.25, 0.3) is 0 Å². The van der Waals surface area contributed by atoms with Gasteiger partial charge in [-0.05, 0) is 24.6 Å². The van der Waals surface area contributed by atoms with Gasteiger partial charge in [0.05, 0.1) is 18.1 Å². The maximum atomic E-state index is 12.3. The van der Waals surface area contributed by atoms with Gasteiger partial charge < -0.3 is 4.74 Å². The van der Waals surface area contributed by atoms with Crippen molar-refractivity contribution in [2.24, 2.45) is 0 Å². The lowest BCUT2D eigenvalue weighted by Crippen LogP contribution is -2.22. The summed E-state index contributed by atoms with van der Waals surface area (Å²) < 4.78 is 31.2. The minimum Gasteiger partial charge on any atom is -0.376 e. The van der Waals surface area contributed by atoms with E-state index in [9.17, 15) is 8.42 Å². The second-order valence-corrected chi connectivity index (χ2v) is 7.33. The fraction of sp³-hybridized carbons (Fsp3) is 0.263. The molecule has 24 heavy (non-hydrogen) atoms. The van der Waals surface area contributed by atoms with E-state index in [0.717, 1.165) is 15.4 Å². The molecular formula is C19H21NO3S. The van der Waals surface area contributed by atoms with E-state index in [1.807, 2.05) is 37.3 Å². The molecule has 0 aliphatic carbocycles. The quantitative estimate of drug-likeness (QED) is 0.460. The molecule has 0 atom stereocenters. The van der Waals surface area contributed by atoms with Crippen LogP contribution in [0.2, 0.25) is 0 Å². The van der Waals surface area contributed by atoms with Crippen LogP contribution in [0.15, 0.2) is 59.5 Å². The smallest absolute Gasteiger partial charge is 0.270 e. The summed E-state index contributed by atoms with van der Waals surface area (Å²) in [5.74, 6) is 2.83. The van der Waals surface area contributed by atoms with Crippen molar-refractivity contribution in [2.45, 2.75) is 24.8 Å². The number of hydrogen-bond donors (Lipinski definition) is 0. The van der Waals surface area contributed by atoms with Crippen molar-refractivity contribution in [1.29, 1.82) is 0 Å². The summed E-state index contributed by atoms with van der Waals surface area (Å²) in [5, 5.41) is 0. The highest BCUT2D eigenvalue weighted by Crippen LogP contribution is 2.14. The third-order valence-electron chi connectivity index (χ3n) is 3.40. The van der Waals surface area contributed by atoms with Crippen molar-refractivity contribution in [3.05, 3.63) is 65.7 Å². The predicted octanol–water partition coefficient (Wildman–Crippen LogP) is 3.18. The number of nitrogens with zero attached hydrogens (tertiary/aromatic N) is 1. The zero-order chi connectivity index (χ0) is 17.4. The Labute approximate surface area is 144 Å². The topological polar surface area (TPSA) is 46.6 Å². The molecule has 0 aliphatic heterocycles. The monoisotopic (exact) mass is 343 g/mol. The van der Waals surface area contributed by atoms with E-state index >= 15 is 0 Å². The van der Waals surface area contributed by atoms with E-state index in [2.05, 4.69) is 12.0 Å². The average Bonchev–Trinajstić information content (AvgIpc) is 2.59. The molecule has 2 aromatic carbocycles. The predicted molar refractivity (Wildman–Crippen MR) is 94.6 cm³/mol. The van der Waals surface area contributed by atoms with Crippen LogP contribution in [0.5, 0.6) is 0 Å². The number of aryl methyl sites for hydroxylation is 1. The first kappa shape index (κ1) is 18.1. The zero-order valence-corrected chi connectivity index (χ0v) is 14.7. The van der Waals surface area contributed by atoms with Crippen molar-refractivity contribution < 1.29 is 13.2 Å². The number of rotatable bonds is 6. The molecule has 0 bridgehead atoms. The molecule has 0 amide bonds. The Morgan fingerprint density at radius 1 is 1.04 bits per heavy atom. The SMILES string of the molecule is Cc1ccc(S(=O)(=O)N(C)C#CCCOCc2ccccc2)cc1. The highest BCUT2D eigenvalue weighted by Gasteiger charge is 2.17. The molecule has 5 heteroatoms. The first-order valence-corrected chi connectivity index (χ1v) is 9.10. The van der Waals surface area contributed by atoms with E-state index in [0.29, 0.717) is 19.6 Å². The van der Waals surface area contributed by atoms with Crippen molar-refractivity contribution in [3.63, 3.8) is 0 Å². The van der Waals surface area contributed by atoms with Crippen LogP contribution < -0.4 is 0 Å². The lowest BCUT2D eigenvalue weighted by atomic mass is 10.2. The van der Waals surface area contributed by atoms with Crippen LogP contribution in [-0.2, 0) is 21.4 Å². The molecule has 0 saturated heterocycles. The molecule has 0 aliphatic rings. The molecule has 0 N–H and O–H groups in total. The Kier molecular flexibility index (Phi) is 6.42. The molecule has 0 fully saturated rings. The van der Waals surface area contributed by atoms with Gasteiger partial charge in [0.15, 0.2) is 0 Å². The van der Waals surface area contributed by atoms with Gasteiger partial charge in [0, 0.05) is 19.5 Å². The zero-order valence-electron chi connectivity index (χ0n) is 13.9. The highest BCUT2D eigenvalue weighted by atomic mass is 32.2. The maximum absolute atomic E-state index is 12.3. The number of sulfonamides is 1. The Hall–Kier alpha value is -2.29. The van der Waals surface area contributed by atoms with Crippen molar-refractivity contribution in [1.82, 2.24) is 4.31 Å². The summed E-state index contributed by atoms with van der Waals surface area (Å²) in [7, 11) is -2.12. The summed E-state index contributed by atoms with van der Waals surface area (Å²) >= 11 is 0. The van der Waals surface area contributed by atoms with Crippen molar-refractivity contribution in [3.8, 4) is 12.0 Å². The van der Waals surface area contributed by atoms with Gasteiger partial charge in [-0.1, -0.05) is 53.9 Å². The fourth-order valence-corrected chi connectivity index (χ4v) is 2.96. The van der Waals surface area contributed by atoms with Crippen LogP contribution in [0.3, 0.4) is 0 Å². The van der Waals surface area contributed by atoms with Crippen molar-refractivity contribution >= 4 is 10.0 Å². The van der Waals surface area contributed by atoms with Crippen LogP contribution in [0, 0.1) is 18.9 Å². The van der Waals surface area contributed by atoms with Crippen LogP contribution in [-0.4, -0.2) is 26.4 Å². The standard InChI is InChI=1S/C19H21NO3S/c1-17-10-12-19(13-11-17)24(21,22)20(2)14-6-7-15-23-16-18-8-4-3-5-9-18/h3-5,8-13H,7,15-16H2,1-2H3. The van der Waals surface area contributed by atoms with E-state index in [-0.39, 0.29) is 4.90 Å². The molecule has 126 valence electrons. The normalized spacial score (nSPS) is 10.8. The molecule has 0 aromatic heterocycles. The lowest BCUT2D eigenvalue weighted by molar-refractivity contribution is 0.126. The van der Waals surface area contributed by atoms with Gasteiger partial charge in [-0.3, -0.25) is 0 Å². The highest BCUT2D eigenvalue weighted by molar-refractivity contribution is 7.89. The summed E-state index contributed by atoms with van der Waals surface area (Å²) in [6, 6.07) is 19.2. The maximum Gasteiger partial charge on any atom is 0.270 e. The molecule has 0 radical (unpaired) electrons. The molecule has 0 unspecified atom stereocenters. The third kappa shape index (κ3) is 5.12. The molecule has 0 heterocycles. The van der Waals surface area contributed by atoms with Gasteiger partial charge in [-0.25, -0.2) is 12.7 Å². The van der Waals surface area contributed by atoms with Gasteiger partial charge in [0.25, 0.3) is 10.0 Å². The Bertz CT molecular complexity index is 803. The minimum absolute atomic E-state index is 0.241. The first-order chi connectivity index (χ1) is 11.5. The van der Waals surface area contributed by atoms with Crippen molar-refractivity contribution in [2.75, 3.05) is 13.7 Å². The molecule has 0 saturated carbocycles. The van der Waals surface area contributed by atoms with Crippen LogP contribution in [0.4, 0.5) is 0 Å². The second kappa shape index (κ2) is 8.53. The molecule has 0 spiro atoms. The lowest BCUT2D eigenvalue weighted by Gasteiger charge is -2.12. The van der Waals surface area contributed by atoms with E-state index in [4.69, 9.17) is 4.74 Å². The number of ether oxygens (including phenoxy) is 1. The van der Waals surface area contributed by atoms with Crippen LogP contribution in [0.1, 0.15) is 17.5 Å². The Balaban J connectivity index is 1.83. The van der Waals surface area contributed by atoms with Crippen LogP contribution >= 0.6 is 0 Å². The third-order valence-corrected chi connectivity index (χ3v) is 5.08. The molecule has 2 aromatic rings. The fourth-order valence-electron chi connectivity index (χ4n) is 1.98. The van der Waals surface area contributed by atoms with Gasteiger partial charge in [-0.2, -0.15) is 0 Å². The van der Waals surface area contributed by atoms with E-state index in [1.165, 1.54) is 7.05 Å². The average molecular weight is 343 g/mol. The minimum atomic E-state index is -3.57. The van der Waals surface area contributed by atoms with Gasteiger partial charge >= 0.3 is 0 Å². The second-order valence-electron chi connectivity index (χ2n) is 5.36. The molecule has 4 nitrogen and oxygen atoms in total. The Morgan fingerprint density at radius 3 is 2.38 bits per heavy atom. The molecule has 2 rings (SSSR count). The number of benzene rings is 2. The van der Waals surface area contributed by atoms with Gasteiger partial charge in [0.1, 0.15) is 0 Å². The first-order valence-electron chi connectivity index (χ1n) is 7.66. The van der Waals surface area contributed by atoms with E-state index < -0.39 is 10.0 Å². The van der Waals surface area contributed by atoms with Gasteiger partial charge in [-0.15, -0.1) is 0 Å². The molecular weight excluding hydrogens is 322 g/mol. The Morgan fingerprint density at radius 2 is 1.71 bits per heavy atom. The van der Waals surface area contributed by atoms with E-state index in [1.54, 1.807) is 24.3 Å². The summed E-state index contributed by atoms with van der Waals surface area (Å²) in [4.78, 5) is 0.241. The van der Waals surface area contributed by atoms with Gasteiger partial charge in [0.2, 0.25) is 0 Å². The largest absolute Gasteiger partial charge is 0.376 e. The number of hydrogen-bond acceptors (Lipinski definition) is 3.